The molecular formula is C18H19FN2O3S. The van der Waals surface area contributed by atoms with Gasteiger partial charge in [0.05, 0.1) is 11.9 Å². The van der Waals surface area contributed by atoms with Crippen LogP contribution in [0.5, 0.6) is 0 Å². The number of nitrogens with zero attached hydrogens (tertiary/aromatic N) is 2. The first-order valence-electron chi connectivity index (χ1n) is 7.94. The van der Waals surface area contributed by atoms with Crippen molar-refractivity contribution >= 4 is 27.3 Å². The molecule has 0 unspecified atom stereocenters. The largest absolute Gasteiger partial charge is 0.310 e. The second-order valence-electron chi connectivity index (χ2n) is 6.05. The molecule has 25 heavy (non-hydrogen) atoms. The standard InChI is InChI=1S/C18H19FN2O3S/c1-13(18(22)20-12-11-14-7-3-5-9-16(14)20)21(25(2,23)24)17-10-6-4-8-15(17)19/h3-10,13H,11-12H2,1-2H3/t13-/m1/s1. The molecule has 0 radical (unpaired) electrons. The Labute approximate surface area is 146 Å². The Balaban J connectivity index is 1.98. The Morgan fingerprint density at radius 1 is 1.16 bits per heavy atom. The molecule has 0 saturated carbocycles. The van der Waals surface area contributed by atoms with E-state index in [1.165, 1.54) is 25.1 Å². The summed E-state index contributed by atoms with van der Waals surface area (Å²) in [5, 5.41) is 0. The Kier molecular flexibility index (Phi) is 4.51. The summed E-state index contributed by atoms with van der Waals surface area (Å²) in [6.45, 7) is 1.97. The Hall–Kier alpha value is -2.41. The minimum atomic E-state index is -3.85. The second-order valence-corrected chi connectivity index (χ2v) is 7.91. The summed E-state index contributed by atoms with van der Waals surface area (Å²) in [6.07, 6.45) is 1.69. The Morgan fingerprint density at radius 3 is 2.48 bits per heavy atom. The van der Waals surface area contributed by atoms with Crippen molar-refractivity contribution in [2.75, 3.05) is 22.0 Å². The van der Waals surface area contributed by atoms with Crippen LogP contribution in [0, 0.1) is 5.82 Å². The van der Waals surface area contributed by atoms with Gasteiger partial charge in [-0.1, -0.05) is 30.3 Å². The van der Waals surface area contributed by atoms with Gasteiger partial charge in [0.1, 0.15) is 11.9 Å². The van der Waals surface area contributed by atoms with E-state index in [9.17, 15) is 17.6 Å². The molecule has 0 spiro atoms. The Bertz CT molecular complexity index is 914. The SMILES string of the molecule is C[C@H](C(=O)N1CCc2ccccc21)N(c1ccccc1F)S(C)(=O)=O. The maximum Gasteiger partial charge on any atom is 0.250 e. The maximum absolute atomic E-state index is 14.2. The van der Waals surface area contributed by atoms with Gasteiger partial charge in [-0.3, -0.25) is 9.10 Å². The summed E-state index contributed by atoms with van der Waals surface area (Å²) < 4.78 is 39.6. The van der Waals surface area contributed by atoms with Gasteiger partial charge in [0.25, 0.3) is 5.91 Å². The molecule has 1 aliphatic heterocycles. The second kappa shape index (κ2) is 6.48. The van der Waals surface area contributed by atoms with Crippen LogP contribution in [0.25, 0.3) is 0 Å². The predicted octanol–water partition coefficient (Wildman–Crippen LogP) is 2.57. The van der Waals surface area contributed by atoms with Crippen LogP contribution in [-0.2, 0) is 21.2 Å². The van der Waals surface area contributed by atoms with Gasteiger partial charge in [0.2, 0.25) is 10.0 Å². The highest BCUT2D eigenvalue weighted by Gasteiger charge is 2.35. The number of sulfonamides is 1. The third-order valence-corrected chi connectivity index (χ3v) is 5.54. The van der Waals surface area contributed by atoms with Gasteiger partial charge in [0.15, 0.2) is 0 Å². The van der Waals surface area contributed by atoms with Gasteiger partial charge in [-0.25, -0.2) is 12.8 Å². The number of halogens is 1. The highest BCUT2D eigenvalue weighted by atomic mass is 32.2. The fourth-order valence-corrected chi connectivity index (χ4v) is 4.37. The molecule has 3 rings (SSSR count). The van der Waals surface area contributed by atoms with E-state index in [0.29, 0.717) is 13.0 Å². The zero-order valence-corrected chi connectivity index (χ0v) is 14.8. The van der Waals surface area contributed by atoms with E-state index in [1.807, 2.05) is 24.3 Å². The van der Waals surface area contributed by atoms with Gasteiger partial charge in [-0.15, -0.1) is 0 Å². The van der Waals surface area contributed by atoms with E-state index in [-0.39, 0.29) is 11.6 Å². The van der Waals surface area contributed by atoms with Crippen LogP contribution in [0.4, 0.5) is 15.8 Å². The van der Waals surface area contributed by atoms with Crippen molar-refractivity contribution in [2.45, 2.75) is 19.4 Å². The molecular weight excluding hydrogens is 343 g/mol. The number of hydrogen-bond donors (Lipinski definition) is 0. The number of carbonyl (C=O) groups excluding carboxylic acids is 1. The first kappa shape index (κ1) is 17.4. The van der Waals surface area contributed by atoms with Crippen molar-refractivity contribution in [3.63, 3.8) is 0 Å². The summed E-state index contributed by atoms with van der Waals surface area (Å²) in [5.41, 5.74) is 1.69. The van der Waals surface area contributed by atoms with E-state index in [1.54, 1.807) is 11.0 Å². The van der Waals surface area contributed by atoms with Gasteiger partial charge in [0, 0.05) is 12.2 Å². The minimum Gasteiger partial charge on any atom is -0.310 e. The maximum atomic E-state index is 14.2. The highest BCUT2D eigenvalue weighted by Crippen LogP contribution is 2.30. The van der Waals surface area contributed by atoms with Crippen LogP contribution < -0.4 is 9.21 Å². The van der Waals surface area contributed by atoms with Crippen LogP contribution in [0.1, 0.15) is 12.5 Å². The zero-order chi connectivity index (χ0) is 18.2. The van der Waals surface area contributed by atoms with Gasteiger partial charge < -0.3 is 4.90 Å². The number of amides is 1. The summed E-state index contributed by atoms with van der Waals surface area (Å²) in [7, 11) is -3.85. The topological polar surface area (TPSA) is 57.7 Å². The molecule has 0 saturated heterocycles. The third kappa shape index (κ3) is 3.24. The molecule has 132 valence electrons. The molecule has 0 N–H and O–H groups in total. The lowest BCUT2D eigenvalue weighted by Crippen LogP contribution is -2.49. The first-order valence-corrected chi connectivity index (χ1v) is 9.79. The Morgan fingerprint density at radius 2 is 1.80 bits per heavy atom. The van der Waals surface area contributed by atoms with E-state index >= 15 is 0 Å². The van der Waals surface area contributed by atoms with Gasteiger partial charge in [-0.2, -0.15) is 0 Å². The van der Waals surface area contributed by atoms with Crippen molar-refractivity contribution in [1.82, 2.24) is 0 Å². The van der Waals surface area contributed by atoms with Crippen LogP contribution in [0.15, 0.2) is 48.5 Å². The first-order chi connectivity index (χ1) is 11.8. The fraction of sp³-hybridized carbons (Fsp3) is 0.278. The quantitative estimate of drug-likeness (QED) is 0.840. The number of para-hydroxylation sites is 2. The van der Waals surface area contributed by atoms with Crippen LogP contribution >= 0.6 is 0 Å². The third-order valence-electron chi connectivity index (χ3n) is 4.31. The molecule has 5 nitrogen and oxygen atoms in total. The van der Waals surface area contributed by atoms with Crippen LogP contribution in [-0.4, -0.2) is 33.2 Å². The smallest absolute Gasteiger partial charge is 0.250 e. The lowest BCUT2D eigenvalue weighted by Gasteiger charge is -2.31. The molecule has 0 bridgehead atoms. The number of carbonyl (C=O) groups is 1. The molecule has 0 fully saturated rings. The van der Waals surface area contributed by atoms with Crippen molar-refractivity contribution in [3.05, 3.63) is 59.9 Å². The summed E-state index contributed by atoms with van der Waals surface area (Å²) in [5.74, 6) is -1.06. The summed E-state index contributed by atoms with van der Waals surface area (Å²) >= 11 is 0. The number of rotatable bonds is 4. The number of hydrogen-bond acceptors (Lipinski definition) is 3. The fourth-order valence-electron chi connectivity index (χ4n) is 3.20. The molecule has 1 heterocycles. The highest BCUT2D eigenvalue weighted by molar-refractivity contribution is 7.92. The van der Waals surface area contributed by atoms with Crippen molar-refractivity contribution in [3.8, 4) is 0 Å². The van der Waals surface area contributed by atoms with Gasteiger partial charge in [-0.05, 0) is 37.1 Å². The van der Waals surface area contributed by atoms with Crippen molar-refractivity contribution in [1.29, 1.82) is 0 Å². The predicted molar refractivity (Wildman–Crippen MR) is 95.7 cm³/mol. The number of anilines is 2. The van der Waals surface area contributed by atoms with Crippen LogP contribution in [0.2, 0.25) is 0 Å². The molecule has 2 aromatic rings. The number of benzene rings is 2. The normalized spacial score (nSPS) is 14.9. The van der Waals surface area contributed by atoms with Crippen LogP contribution in [0.3, 0.4) is 0 Å². The molecule has 0 aromatic heterocycles. The van der Waals surface area contributed by atoms with E-state index in [0.717, 1.165) is 21.8 Å². The lowest BCUT2D eigenvalue weighted by atomic mass is 10.2. The summed E-state index contributed by atoms with van der Waals surface area (Å²) in [4.78, 5) is 14.5. The molecule has 1 atom stereocenters. The summed E-state index contributed by atoms with van der Waals surface area (Å²) in [6, 6.07) is 12.0. The monoisotopic (exact) mass is 362 g/mol. The molecule has 2 aromatic carbocycles. The zero-order valence-electron chi connectivity index (χ0n) is 14.0. The lowest BCUT2D eigenvalue weighted by molar-refractivity contribution is -0.119. The average Bonchev–Trinajstić information content (AvgIpc) is 2.99. The molecule has 0 aliphatic carbocycles. The van der Waals surface area contributed by atoms with E-state index in [2.05, 4.69) is 0 Å². The number of fused-ring (bicyclic) bond motifs is 1. The van der Waals surface area contributed by atoms with Crippen molar-refractivity contribution < 1.29 is 17.6 Å². The van der Waals surface area contributed by atoms with Crippen molar-refractivity contribution in [2.24, 2.45) is 0 Å². The average molecular weight is 362 g/mol. The molecule has 1 amide bonds. The van der Waals surface area contributed by atoms with Gasteiger partial charge >= 0.3 is 0 Å². The van der Waals surface area contributed by atoms with E-state index < -0.39 is 21.9 Å². The van der Waals surface area contributed by atoms with E-state index in [4.69, 9.17) is 0 Å². The molecule has 1 aliphatic rings. The molecule has 7 heteroatoms. The minimum absolute atomic E-state index is 0.127.